The van der Waals surface area contributed by atoms with Crippen molar-refractivity contribution in [3.8, 4) is 0 Å². The van der Waals surface area contributed by atoms with Crippen LogP contribution >= 0.6 is 11.3 Å². The van der Waals surface area contributed by atoms with Gasteiger partial charge in [-0.1, -0.05) is 5.57 Å². The van der Waals surface area contributed by atoms with Crippen LogP contribution in [-0.2, 0) is 6.54 Å². The number of hydrogen-bond donors (Lipinski definition) is 1. The van der Waals surface area contributed by atoms with E-state index >= 15 is 0 Å². The Morgan fingerprint density at radius 2 is 2.14 bits per heavy atom. The molecule has 1 unspecified atom stereocenters. The molecule has 4 heterocycles. The van der Waals surface area contributed by atoms with Gasteiger partial charge >= 0.3 is 0 Å². The molecule has 0 aliphatic carbocycles. The molecule has 0 radical (unpaired) electrons. The molecule has 5 heteroatoms. The average molecular weight is 301 g/mol. The van der Waals surface area contributed by atoms with E-state index in [0.29, 0.717) is 6.54 Å². The second kappa shape index (κ2) is 5.09. The molecule has 1 fully saturated rings. The molecule has 0 saturated carbocycles. The Hall–Kier alpha value is -1.43. The van der Waals surface area contributed by atoms with Crippen LogP contribution in [0.4, 0.5) is 0 Å². The van der Waals surface area contributed by atoms with Gasteiger partial charge in [-0.3, -0.25) is 0 Å². The van der Waals surface area contributed by atoms with Crippen LogP contribution < -0.4 is 0 Å². The molecule has 2 aliphatic rings. The van der Waals surface area contributed by atoms with E-state index in [1.54, 1.807) is 11.3 Å². The summed E-state index contributed by atoms with van der Waals surface area (Å²) in [4.78, 5) is 8.05. The van der Waals surface area contributed by atoms with E-state index in [0.717, 1.165) is 36.6 Å². The molecule has 1 saturated heterocycles. The van der Waals surface area contributed by atoms with Crippen molar-refractivity contribution in [2.45, 2.75) is 25.5 Å². The van der Waals surface area contributed by atoms with Crippen molar-refractivity contribution in [3.63, 3.8) is 0 Å². The maximum absolute atomic E-state index is 10.5. The lowest BCUT2D eigenvalue weighted by Gasteiger charge is -2.26. The molecule has 2 aromatic heterocycles. The van der Waals surface area contributed by atoms with E-state index in [1.807, 2.05) is 12.4 Å². The third-order valence-corrected chi connectivity index (χ3v) is 5.54. The van der Waals surface area contributed by atoms with Gasteiger partial charge in [0.05, 0.1) is 6.54 Å². The van der Waals surface area contributed by atoms with Crippen LogP contribution in [0.3, 0.4) is 0 Å². The zero-order valence-electron chi connectivity index (χ0n) is 12.1. The number of thiophene rings is 1. The number of imidazole rings is 1. The molecular weight excluding hydrogens is 282 g/mol. The number of rotatable bonds is 0. The van der Waals surface area contributed by atoms with Gasteiger partial charge < -0.3 is 14.6 Å². The predicted molar refractivity (Wildman–Crippen MR) is 84.3 cm³/mol. The van der Waals surface area contributed by atoms with E-state index in [-0.39, 0.29) is 0 Å². The summed E-state index contributed by atoms with van der Waals surface area (Å²) in [6, 6.07) is 2.15. The van der Waals surface area contributed by atoms with Gasteiger partial charge in [0.25, 0.3) is 0 Å². The molecule has 2 aliphatic heterocycles. The molecule has 1 atom stereocenters. The lowest BCUT2D eigenvalue weighted by molar-refractivity contribution is 0.161. The van der Waals surface area contributed by atoms with Crippen LogP contribution in [-0.4, -0.2) is 39.7 Å². The van der Waals surface area contributed by atoms with Crippen LogP contribution in [0.25, 0.3) is 5.57 Å². The Labute approximate surface area is 128 Å². The number of hydrogen-bond acceptors (Lipinski definition) is 4. The first-order valence-corrected chi connectivity index (χ1v) is 8.30. The van der Waals surface area contributed by atoms with Gasteiger partial charge in [-0.05, 0) is 31.3 Å². The minimum absolute atomic E-state index is 0.433. The quantitative estimate of drug-likeness (QED) is 0.813. The number of fused-ring (bicyclic) bond motifs is 2. The lowest BCUT2D eigenvalue weighted by atomic mass is 9.93. The molecule has 4 rings (SSSR count). The van der Waals surface area contributed by atoms with E-state index in [2.05, 4.69) is 32.9 Å². The van der Waals surface area contributed by atoms with E-state index < -0.39 is 6.10 Å². The van der Waals surface area contributed by atoms with Gasteiger partial charge in [-0.15, -0.1) is 11.3 Å². The van der Waals surface area contributed by atoms with Crippen molar-refractivity contribution < 1.29 is 5.11 Å². The van der Waals surface area contributed by atoms with Crippen molar-refractivity contribution in [2.24, 2.45) is 0 Å². The SMILES string of the molecule is CN1CCC(=C2c3ccsc3C(O)Cn3ccnc32)CC1. The zero-order valence-corrected chi connectivity index (χ0v) is 12.9. The zero-order chi connectivity index (χ0) is 14.4. The maximum atomic E-state index is 10.5. The Balaban J connectivity index is 1.92. The van der Waals surface area contributed by atoms with Gasteiger partial charge in [0.2, 0.25) is 0 Å². The smallest absolute Gasteiger partial charge is 0.140 e. The van der Waals surface area contributed by atoms with Crippen molar-refractivity contribution in [2.75, 3.05) is 20.1 Å². The normalized spacial score (nSPS) is 22.9. The fourth-order valence-corrected chi connectivity index (χ4v) is 4.23. The number of likely N-dealkylation sites (tertiary alicyclic amines) is 1. The van der Waals surface area contributed by atoms with Crippen molar-refractivity contribution >= 4 is 16.9 Å². The van der Waals surface area contributed by atoms with Crippen LogP contribution in [0.1, 0.15) is 35.2 Å². The van der Waals surface area contributed by atoms with Crippen molar-refractivity contribution in [3.05, 3.63) is 45.7 Å². The molecule has 110 valence electrons. The summed E-state index contributed by atoms with van der Waals surface area (Å²) >= 11 is 1.65. The average Bonchev–Trinajstić information content (AvgIpc) is 3.10. The third-order valence-electron chi connectivity index (χ3n) is 4.52. The Morgan fingerprint density at radius 3 is 2.95 bits per heavy atom. The summed E-state index contributed by atoms with van der Waals surface area (Å²) in [5.41, 5.74) is 3.94. The second-order valence-electron chi connectivity index (χ2n) is 5.90. The topological polar surface area (TPSA) is 41.3 Å². The maximum Gasteiger partial charge on any atom is 0.140 e. The highest BCUT2D eigenvalue weighted by molar-refractivity contribution is 7.10. The first kappa shape index (κ1) is 13.2. The van der Waals surface area contributed by atoms with Gasteiger partial charge in [0.15, 0.2) is 0 Å². The van der Waals surface area contributed by atoms with Gasteiger partial charge in [-0.25, -0.2) is 4.98 Å². The van der Waals surface area contributed by atoms with Gasteiger partial charge in [0.1, 0.15) is 11.9 Å². The standard InChI is InChI=1S/C16H19N3OS/c1-18-6-2-11(3-7-18)14-12-4-9-21-15(12)13(20)10-19-8-5-17-16(14)19/h4-5,8-9,13,20H,2-3,6-7,10H2,1H3. The van der Waals surface area contributed by atoms with Crippen LogP contribution in [0.5, 0.6) is 0 Å². The molecule has 21 heavy (non-hydrogen) atoms. The lowest BCUT2D eigenvalue weighted by Crippen LogP contribution is -2.27. The largest absolute Gasteiger partial charge is 0.386 e. The van der Waals surface area contributed by atoms with E-state index in [9.17, 15) is 5.11 Å². The summed E-state index contributed by atoms with van der Waals surface area (Å²) in [7, 11) is 2.18. The molecule has 0 bridgehead atoms. The summed E-state index contributed by atoms with van der Waals surface area (Å²) in [5, 5.41) is 12.6. The number of aliphatic hydroxyl groups is 1. The van der Waals surface area contributed by atoms with Crippen molar-refractivity contribution in [1.29, 1.82) is 0 Å². The number of nitrogens with zero attached hydrogens (tertiary/aromatic N) is 3. The molecule has 0 amide bonds. The Morgan fingerprint density at radius 1 is 1.33 bits per heavy atom. The molecule has 0 spiro atoms. The Bertz CT molecular complexity index is 690. The minimum atomic E-state index is -0.433. The number of piperidine rings is 1. The molecule has 2 aromatic rings. The van der Waals surface area contributed by atoms with Gasteiger partial charge in [-0.2, -0.15) is 0 Å². The first-order chi connectivity index (χ1) is 10.2. The highest BCUT2D eigenvalue weighted by Gasteiger charge is 2.28. The van der Waals surface area contributed by atoms with Crippen LogP contribution in [0.2, 0.25) is 0 Å². The molecule has 1 N–H and O–H groups in total. The molecular formula is C16H19N3OS. The Kier molecular flexibility index (Phi) is 3.21. The van der Waals surface area contributed by atoms with E-state index in [1.165, 1.54) is 16.7 Å². The van der Waals surface area contributed by atoms with Crippen molar-refractivity contribution in [1.82, 2.24) is 14.5 Å². The monoisotopic (exact) mass is 301 g/mol. The fourth-order valence-electron chi connectivity index (χ4n) is 3.35. The first-order valence-electron chi connectivity index (χ1n) is 7.42. The highest BCUT2D eigenvalue weighted by Crippen LogP contribution is 2.40. The summed E-state index contributed by atoms with van der Waals surface area (Å²) in [5.74, 6) is 1.02. The number of aliphatic hydroxyl groups excluding tert-OH is 1. The molecule has 0 aromatic carbocycles. The third kappa shape index (κ3) is 2.16. The second-order valence-corrected chi connectivity index (χ2v) is 6.85. The minimum Gasteiger partial charge on any atom is -0.386 e. The van der Waals surface area contributed by atoms with Gasteiger partial charge in [0, 0.05) is 41.5 Å². The molecule has 4 nitrogen and oxygen atoms in total. The summed E-state index contributed by atoms with van der Waals surface area (Å²) < 4.78 is 2.10. The van der Waals surface area contributed by atoms with Crippen LogP contribution in [0, 0.1) is 0 Å². The summed E-state index contributed by atoms with van der Waals surface area (Å²) in [6.07, 6.45) is 5.56. The summed E-state index contributed by atoms with van der Waals surface area (Å²) in [6.45, 7) is 2.79. The fraction of sp³-hybridized carbons (Fsp3) is 0.438. The highest BCUT2D eigenvalue weighted by atomic mass is 32.1. The predicted octanol–water partition coefficient (Wildman–Crippen LogP) is 2.52. The van der Waals surface area contributed by atoms with E-state index in [4.69, 9.17) is 0 Å². The number of aromatic nitrogens is 2. The van der Waals surface area contributed by atoms with Crippen LogP contribution in [0.15, 0.2) is 29.4 Å².